The van der Waals surface area contributed by atoms with Gasteiger partial charge in [-0.25, -0.2) is 4.68 Å². The number of benzene rings is 1. The molecule has 0 saturated carbocycles. The van der Waals surface area contributed by atoms with Gasteiger partial charge in [-0.15, -0.1) is 11.8 Å². The molecule has 0 bridgehead atoms. The van der Waals surface area contributed by atoms with Crippen molar-refractivity contribution in [3.8, 4) is 0 Å². The molecule has 96 valence electrons. The fourth-order valence-electron chi connectivity index (χ4n) is 1.90. The summed E-state index contributed by atoms with van der Waals surface area (Å²) in [5, 5.41) is 4.16. The van der Waals surface area contributed by atoms with Gasteiger partial charge < -0.3 is 4.40 Å². The van der Waals surface area contributed by atoms with Crippen molar-refractivity contribution in [2.24, 2.45) is 0 Å². The summed E-state index contributed by atoms with van der Waals surface area (Å²) >= 11 is 1.72. The number of hydrogen-bond acceptors (Lipinski definition) is 3. The van der Waals surface area contributed by atoms with Crippen molar-refractivity contribution >= 4 is 17.3 Å². The van der Waals surface area contributed by atoms with Gasteiger partial charge in [0.15, 0.2) is 0 Å². The van der Waals surface area contributed by atoms with Gasteiger partial charge in [-0.3, -0.25) is 4.79 Å². The van der Waals surface area contributed by atoms with Gasteiger partial charge in [-0.1, -0.05) is 18.2 Å². The van der Waals surface area contributed by atoms with Crippen molar-refractivity contribution in [2.45, 2.75) is 11.4 Å². The van der Waals surface area contributed by atoms with Crippen molar-refractivity contribution in [1.82, 2.24) is 14.2 Å². The van der Waals surface area contributed by atoms with Crippen LogP contribution >= 0.6 is 11.8 Å². The highest BCUT2D eigenvalue weighted by Crippen LogP contribution is 2.16. The van der Waals surface area contributed by atoms with Crippen LogP contribution in [0.2, 0.25) is 0 Å². The van der Waals surface area contributed by atoms with E-state index in [0.29, 0.717) is 12.1 Å². The highest BCUT2D eigenvalue weighted by molar-refractivity contribution is 7.99. The van der Waals surface area contributed by atoms with Gasteiger partial charge in [0, 0.05) is 16.8 Å². The number of aromatic nitrogens is 3. The van der Waals surface area contributed by atoms with Crippen LogP contribution in [-0.4, -0.2) is 19.9 Å². The van der Waals surface area contributed by atoms with Crippen LogP contribution in [0.5, 0.6) is 0 Å². The summed E-state index contributed by atoms with van der Waals surface area (Å²) in [4.78, 5) is 13.3. The predicted molar refractivity (Wildman–Crippen MR) is 76.6 cm³/mol. The average Bonchev–Trinajstić information content (AvgIpc) is 2.92. The molecule has 0 saturated heterocycles. The summed E-state index contributed by atoms with van der Waals surface area (Å²) < 4.78 is 3.26. The third-order valence-corrected chi connectivity index (χ3v) is 3.86. The second kappa shape index (κ2) is 5.32. The molecular formula is C14H13N3OS. The van der Waals surface area contributed by atoms with Gasteiger partial charge in [-0.2, -0.15) is 5.10 Å². The minimum absolute atomic E-state index is 0.0406. The van der Waals surface area contributed by atoms with Crippen molar-refractivity contribution in [1.29, 1.82) is 0 Å². The molecule has 0 aliphatic rings. The Kier molecular flexibility index (Phi) is 3.37. The first-order valence-corrected chi connectivity index (χ1v) is 7.04. The van der Waals surface area contributed by atoms with E-state index in [4.69, 9.17) is 0 Å². The number of rotatable bonds is 4. The lowest BCUT2D eigenvalue weighted by atomic mass is 10.4. The Labute approximate surface area is 114 Å². The lowest BCUT2D eigenvalue weighted by Gasteiger charge is -2.05. The minimum atomic E-state index is -0.0406. The summed E-state index contributed by atoms with van der Waals surface area (Å²) in [6, 6.07) is 13.8. The van der Waals surface area contributed by atoms with Crippen LogP contribution in [0.25, 0.3) is 5.52 Å². The zero-order valence-corrected chi connectivity index (χ0v) is 11.1. The number of nitrogens with zero attached hydrogens (tertiary/aromatic N) is 3. The van der Waals surface area contributed by atoms with Crippen molar-refractivity contribution < 1.29 is 0 Å². The Hall–Kier alpha value is -2.01. The minimum Gasteiger partial charge on any atom is -0.301 e. The van der Waals surface area contributed by atoms with Gasteiger partial charge in [0.1, 0.15) is 11.8 Å². The van der Waals surface area contributed by atoms with Crippen LogP contribution in [0.4, 0.5) is 0 Å². The molecule has 4 nitrogen and oxygen atoms in total. The van der Waals surface area contributed by atoms with E-state index in [0.717, 1.165) is 5.75 Å². The second-order valence-corrected chi connectivity index (χ2v) is 5.29. The number of aryl methyl sites for hydroxylation is 1. The normalized spacial score (nSPS) is 10.9. The Balaban J connectivity index is 1.72. The van der Waals surface area contributed by atoms with E-state index < -0.39 is 0 Å². The molecular weight excluding hydrogens is 258 g/mol. The van der Waals surface area contributed by atoms with E-state index in [1.165, 1.54) is 9.58 Å². The summed E-state index contributed by atoms with van der Waals surface area (Å²) in [6.45, 7) is 0.611. The van der Waals surface area contributed by atoms with Crippen LogP contribution < -0.4 is 5.56 Å². The van der Waals surface area contributed by atoms with Gasteiger partial charge in [0.05, 0.1) is 6.54 Å². The zero-order chi connectivity index (χ0) is 13.1. The van der Waals surface area contributed by atoms with Gasteiger partial charge in [0.2, 0.25) is 0 Å². The maximum absolute atomic E-state index is 12.1. The Bertz CT molecular complexity index is 733. The Morgan fingerprint density at radius 3 is 2.79 bits per heavy atom. The molecule has 0 amide bonds. The molecule has 19 heavy (non-hydrogen) atoms. The standard InChI is InChI=1S/C14H13N3OS/c18-14-13-7-4-8-16(13)11-15-17(14)9-10-19-12-5-2-1-3-6-12/h1-8,11H,9-10H2. The lowest BCUT2D eigenvalue weighted by Crippen LogP contribution is -2.25. The zero-order valence-electron chi connectivity index (χ0n) is 10.3. The van der Waals surface area contributed by atoms with Crippen LogP contribution in [0.3, 0.4) is 0 Å². The average molecular weight is 271 g/mol. The van der Waals surface area contributed by atoms with Crippen molar-refractivity contribution in [3.05, 3.63) is 65.3 Å². The molecule has 3 aromatic rings. The van der Waals surface area contributed by atoms with E-state index in [1.54, 1.807) is 22.5 Å². The Morgan fingerprint density at radius 2 is 1.95 bits per heavy atom. The molecule has 0 N–H and O–H groups in total. The predicted octanol–water partition coefficient (Wildman–Crippen LogP) is 2.29. The smallest absolute Gasteiger partial charge is 0.291 e. The quantitative estimate of drug-likeness (QED) is 0.683. The van der Waals surface area contributed by atoms with Crippen LogP contribution in [0.1, 0.15) is 0 Å². The highest BCUT2D eigenvalue weighted by Gasteiger charge is 2.03. The SMILES string of the molecule is O=c1c2cccn2cnn1CCSc1ccccc1. The van der Waals surface area contributed by atoms with Gasteiger partial charge in [-0.05, 0) is 24.3 Å². The molecule has 1 aromatic carbocycles. The van der Waals surface area contributed by atoms with E-state index in [2.05, 4.69) is 17.2 Å². The molecule has 0 spiro atoms. The lowest BCUT2D eigenvalue weighted by molar-refractivity contribution is 0.611. The molecule has 0 atom stereocenters. The van der Waals surface area contributed by atoms with E-state index in [1.807, 2.05) is 36.5 Å². The molecule has 0 aliphatic carbocycles. The summed E-state index contributed by atoms with van der Waals surface area (Å²) in [5.41, 5.74) is 0.626. The number of fused-ring (bicyclic) bond motifs is 1. The van der Waals surface area contributed by atoms with E-state index in [-0.39, 0.29) is 5.56 Å². The largest absolute Gasteiger partial charge is 0.301 e. The van der Waals surface area contributed by atoms with Crippen molar-refractivity contribution in [3.63, 3.8) is 0 Å². The first kappa shape index (κ1) is 12.0. The van der Waals surface area contributed by atoms with Gasteiger partial charge >= 0.3 is 0 Å². The summed E-state index contributed by atoms with van der Waals surface area (Å²) in [7, 11) is 0. The third kappa shape index (κ3) is 2.56. The Morgan fingerprint density at radius 1 is 1.11 bits per heavy atom. The fraction of sp³-hybridized carbons (Fsp3) is 0.143. The maximum Gasteiger partial charge on any atom is 0.291 e. The molecule has 0 unspecified atom stereocenters. The molecule has 2 heterocycles. The van der Waals surface area contributed by atoms with Crippen LogP contribution in [0, 0.1) is 0 Å². The van der Waals surface area contributed by atoms with E-state index in [9.17, 15) is 4.79 Å². The summed E-state index contributed by atoms with van der Waals surface area (Å²) in [5.74, 6) is 0.827. The second-order valence-electron chi connectivity index (χ2n) is 4.12. The first-order chi connectivity index (χ1) is 9.34. The molecule has 5 heteroatoms. The van der Waals surface area contributed by atoms with Crippen LogP contribution in [0.15, 0.2) is 64.7 Å². The summed E-state index contributed by atoms with van der Waals surface area (Å²) in [6.07, 6.45) is 3.50. The fourth-order valence-corrected chi connectivity index (χ4v) is 2.75. The molecule has 0 radical (unpaired) electrons. The number of thioether (sulfide) groups is 1. The molecule has 0 fully saturated rings. The molecule has 2 aromatic heterocycles. The first-order valence-electron chi connectivity index (χ1n) is 6.05. The van der Waals surface area contributed by atoms with Gasteiger partial charge in [0.25, 0.3) is 5.56 Å². The molecule has 0 aliphatic heterocycles. The third-order valence-electron chi connectivity index (χ3n) is 2.86. The maximum atomic E-state index is 12.1. The monoisotopic (exact) mass is 271 g/mol. The van der Waals surface area contributed by atoms with Crippen LogP contribution in [-0.2, 0) is 6.54 Å². The number of hydrogen-bond donors (Lipinski definition) is 0. The van der Waals surface area contributed by atoms with E-state index >= 15 is 0 Å². The van der Waals surface area contributed by atoms with Crippen molar-refractivity contribution in [2.75, 3.05) is 5.75 Å². The topological polar surface area (TPSA) is 39.3 Å². The highest BCUT2D eigenvalue weighted by atomic mass is 32.2. The molecule has 3 rings (SSSR count).